The molecule has 0 aliphatic heterocycles. The monoisotopic (exact) mass is 350 g/mol. The highest BCUT2D eigenvalue weighted by Gasteiger charge is 2.32. The molecule has 1 nitrogen and oxygen atoms in total. The van der Waals surface area contributed by atoms with Crippen molar-refractivity contribution < 1.29 is 5.11 Å². The third-order valence-electron chi connectivity index (χ3n) is 1.51. The molecule has 0 saturated carbocycles. The number of hydrogen-bond donors (Lipinski definition) is 1. The SMILES string of the molecule is OC(c1ccccc1I)C(Cl)(Cl)Cl. The van der Waals surface area contributed by atoms with Gasteiger partial charge in [0.15, 0.2) is 0 Å². The average Bonchev–Trinajstić information content (AvgIpc) is 2.02. The number of alkyl halides is 3. The van der Waals surface area contributed by atoms with Crippen LogP contribution in [0.2, 0.25) is 0 Å². The number of benzene rings is 1. The van der Waals surface area contributed by atoms with E-state index in [4.69, 9.17) is 34.8 Å². The smallest absolute Gasteiger partial charge is 0.220 e. The summed E-state index contributed by atoms with van der Waals surface area (Å²) in [6.45, 7) is 0. The van der Waals surface area contributed by atoms with Gasteiger partial charge in [0.25, 0.3) is 0 Å². The van der Waals surface area contributed by atoms with Gasteiger partial charge in [-0.2, -0.15) is 0 Å². The van der Waals surface area contributed by atoms with Gasteiger partial charge in [0.05, 0.1) is 0 Å². The minimum atomic E-state index is -1.68. The zero-order valence-electron chi connectivity index (χ0n) is 6.35. The third-order valence-corrected chi connectivity index (χ3v) is 3.11. The second-order valence-electron chi connectivity index (χ2n) is 2.47. The highest BCUT2D eigenvalue weighted by atomic mass is 127. The lowest BCUT2D eigenvalue weighted by atomic mass is 10.1. The standard InChI is InChI=1S/C8H6Cl3IO/c9-8(10,11)7(13)5-3-1-2-4-6(5)12/h1-4,7,13H. The minimum absolute atomic E-state index is 0.628. The van der Waals surface area contributed by atoms with E-state index in [9.17, 15) is 5.11 Å². The fourth-order valence-electron chi connectivity index (χ4n) is 0.873. The normalized spacial score (nSPS) is 14.2. The van der Waals surface area contributed by atoms with Gasteiger partial charge < -0.3 is 5.11 Å². The largest absolute Gasteiger partial charge is 0.384 e. The summed E-state index contributed by atoms with van der Waals surface area (Å²) in [5, 5.41) is 9.64. The highest BCUT2D eigenvalue weighted by molar-refractivity contribution is 14.1. The Morgan fingerprint density at radius 3 is 2.23 bits per heavy atom. The molecule has 0 fully saturated rings. The number of aliphatic hydroxyl groups excluding tert-OH is 1. The maximum atomic E-state index is 9.64. The van der Waals surface area contributed by atoms with E-state index in [0.29, 0.717) is 5.56 Å². The molecule has 1 unspecified atom stereocenters. The fraction of sp³-hybridized carbons (Fsp3) is 0.250. The van der Waals surface area contributed by atoms with E-state index >= 15 is 0 Å². The van der Waals surface area contributed by atoms with Gasteiger partial charge >= 0.3 is 0 Å². The van der Waals surface area contributed by atoms with Crippen molar-refractivity contribution in [2.45, 2.75) is 9.90 Å². The highest BCUT2D eigenvalue weighted by Crippen LogP contribution is 2.40. The van der Waals surface area contributed by atoms with E-state index < -0.39 is 9.90 Å². The molecule has 0 spiro atoms. The van der Waals surface area contributed by atoms with E-state index in [2.05, 4.69) is 22.6 Å². The van der Waals surface area contributed by atoms with Crippen LogP contribution >= 0.6 is 57.4 Å². The van der Waals surface area contributed by atoms with Crippen LogP contribution in [0.15, 0.2) is 24.3 Å². The van der Waals surface area contributed by atoms with Crippen LogP contribution in [-0.4, -0.2) is 8.90 Å². The molecule has 13 heavy (non-hydrogen) atoms. The summed E-state index contributed by atoms with van der Waals surface area (Å²) in [4.78, 5) is 0. The van der Waals surface area contributed by atoms with Crippen LogP contribution in [0.1, 0.15) is 11.7 Å². The molecule has 0 amide bonds. The molecular weight excluding hydrogens is 345 g/mol. The molecule has 0 saturated heterocycles. The van der Waals surface area contributed by atoms with Gasteiger partial charge in [0.1, 0.15) is 6.10 Å². The van der Waals surface area contributed by atoms with Crippen molar-refractivity contribution in [3.63, 3.8) is 0 Å². The van der Waals surface area contributed by atoms with Crippen LogP contribution in [0.4, 0.5) is 0 Å². The third kappa shape index (κ3) is 3.13. The summed E-state index contributed by atoms with van der Waals surface area (Å²) in [6.07, 6.45) is -1.09. The second-order valence-corrected chi connectivity index (χ2v) is 6.00. The molecule has 0 radical (unpaired) electrons. The quantitative estimate of drug-likeness (QED) is 0.604. The van der Waals surface area contributed by atoms with E-state index in [1.165, 1.54) is 0 Å². The minimum Gasteiger partial charge on any atom is -0.384 e. The summed E-state index contributed by atoms with van der Waals surface area (Å²) in [5.41, 5.74) is 0.628. The number of halogens is 4. The zero-order valence-corrected chi connectivity index (χ0v) is 10.8. The van der Waals surface area contributed by atoms with E-state index in [1.54, 1.807) is 12.1 Å². The van der Waals surface area contributed by atoms with Crippen LogP contribution in [0.25, 0.3) is 0 Å². The maximum Gasteiger partial charge on any atom is 0.220 e. The Morgan fingerprint density at radius 1 is 1.23 bits per heavy atom. The summed E-state index contributed by atoms with van der Waals surface area (Å²) in [5.74, 6) is 0. The predicted octanol–water partition coefficient (Wildman–Crippen LogP) is 3.69. The van der Waals surface area contributed by atoms with Gasteiger partial charge in [-0.3, -0.25) is 0 Å². The molecule has 1 N–H and O–H groups in total. The Labute approximate surface area is 105 Å². The van der Waals surface area contributed by atoms with Crippen LogP contribution in [-0.2, 0) is 0 Å². The van der Waals surface area contributed by atoms with Crippen LogP contribution < -0.4 is 0 Å². The Kier molecular flexibility index (Phi) is 4.13. The van der Waals surface area contributed by atoms with Crippen LogP contribution in [0, 0.1) is 3.57 Å². The van der Waals surface area contributed by atoms with Crippen molar-refractivity contribution in [1.82, 2.24) is 0 Å². The lowest BCUT2D eigenvalue weighted by Gasteiger charge is -2.20. The van der Waals surface area contributed by atoms with Crippen LogP contribution in [0.3, 0.4) is 0 Å². The molecule has 1 aromatic carbocycles. The van der Waals surface area contributed by atoms with E-state index in [-0.39, 0.29) is 0 Å². The Morgan fingerprint density at radius 2 is 1.77 bits per heavy atom. The first-order valence-electron chi connectivity index (χ1n) is 3.42. The van der Waals surface area contributed by atoms with Crippen molar-refractivity contribution in [1.29, 1.82) is 0 Å². The molecule has 5 heteroatoms. The Balaban J connectivity index is 3.02. The van der Waals surface area contributed by atoms with Crippen molar-refractivity contribution in [3.05, 3.63) is 33.4 Å². The second kappa shape index (κ2) is 4.53. The van der Waals surface area contributed by atoms with Gasteiger partial charge in [-0.05, 0) is 34.2 Å². The number of hydrogen-bond acceptors (Lipinski definition) is 1. The first-order chi connectivity index (χ1) is 5.93. The van der Waals surface area contributed by atoms with E-state index in [1.807, 2.05) is 12.1 Å². The predicted molar refractivity (Wildman–Crippen MR) is 64.4 cm³/mol. The zero-order chi connectivity index (χ0) is 10.1. The fourth-order valence-corrected chi connectivity index (χ4v) is 1.91. The van der Waals surface area contributed by atoms with Gasteiger partial charge in [0, 0.05) is 3.57 Å². The van der Waals surface area contributed by atoms with Crippen molar-refractivity contribution in [3.8, 4) is 0 Å². The molecule has 0 bridgehead atoms. The van der Waals surface area contributed by atoms with Crippen molar-refractivity contribution in [2.75, 3.05) is 0 Å². The van der Waals surface area contributed by atoms with Gasteiger partial charge in [-0.1, -0.05) is 53.0 Å². The molecule has 1 aromatic rings. The average molecular weight is 351 g/mol. The maximum absolute atomic E-state index is 9.64. The Bertz CT molecular complexity index is 298. The molecule has 0 aromatic heterocycles. The lowest BCUT2D eigenvalue weighted by molar-refractivity contribution is 0.181. The molecule has 1 atom stereocenters. The van der Waals surface area contributed by atoms with Crippen LogP contribution in [0.5, 0.6) is 0 Å². The van der Waals surface area contributed by atoms with Gasteiger partial charge in [0.2, 0.25) is 3.79 Å². The van der Waals surface area contributed by atoms with Gasteiger partial charge in [-0.15, -0.1) is 0 Å². The lowest BCUT2D eigenvalue weighted by Crippen LogP contribution is -2.17. The summed E-state index contributed by atoms with van der Waals surface area (Å²) in [7, 11) is 0. The first kappa shape index (κ1) is 11.9. The molecule has 1 rings (SSSR count). The van der Waals surface area contributed by atoms with Gasteiger partial charge in [-0.25, -0.2) is 0 Å². The number of aliphatic hydroxyl groups is 1. The van der Waals surface area contributed by atoms with Crippen molar-refractivity contribution >= 4 is 57.4 Å². The molecule has 72 valence electrons. The summed E-state index contributed by atoms with van der Waals surface area (Å²) in [6, 6.07) is 7.22. The summed E-state index contributed by atoms with van der Waals surface area (Å²) < 4.78 is -0.805. The first-order valence-corrected chi connectivity index (χ1v) is 5.63. The topological polar surface area (TPSA) is 20.2 Å². The molecule has 0 heterocycles. The number of rotatable bonds is 1. The molecule has 0 aliphatic rings. The molecule has 0 aliphatic carbocycles. The molecular formula is C8H6Cl3IO. The van der Waals surface area contributed by atoms with Crippen molar-refractivity contribution in [2.24, 2.45) is 0 Å². The summed E-state index contributed by atoms with van der Waals surface area (Å²) >= 11 is 18.8. The Hall–Kier alpha value is 0.780. The van der Waals surface area contributed by atoms with E-state index in [0.717, 1.165) is 3.57 Å².